The molecule has 0 radical (unpaired) electrons. The second-order valence-corrected chi connectivity index (χ2v) is 2.37. The van der Waals surface area contributed by atoms with Gasteiger partial charge in [-0.05, 0) is 25.3 Å². The minimum Gasteiger partial charge on any atom is -0.293 e. The van der Waals surface area contributed by atoms with Crippen molar-refractivity contribution in [2.75, 3.05) is 7.05 Å². The fraction of sp³-hybridized carbons (Fsp3) is 0.625. The molecular formula is C8H13N. The summed E-state index contributed by atoms with van der Waals surface area (Å²) in [6, 6.07) is 0. The third-order valence-electron chi connectivity index (χ3n) is 1.81. The average Bonchev–Trinajstić information content (AvgIpc) is 2.34. The van der Waals surface area contributed by atoms with Gasteiger partial charge in [0.05, 0.1) is 0 Å². The minimum absolute atomic E-state index is 1.17. The fourth-order valence-electron chi connectivity index (χ4n) is 1.12. The molecule has 0 bridgehead atoms. The largest absolute Gasteiger partial charge is 0.293 e. The van der Waals surface area contributed by atoms with Crippen molar-refractivity contribution in [1.82, 2.24) is 0 Å². The molecule has 50 valence electrons. The highest BCUT2D eigenvalue weighted by Gasteiger charge is 2.06. The van der Waals surface area contributed by atoms with Gasteiger partial charge in [-0.3, -0.25) is 4.99 Å². The number of aliphatic imine (C=N–C) groups is 1. The fourth-order valence-corrected chi connectivity index (χ4v) is 1.12. The summed E-state index contributed by atoms with van der Waals surface area (Å²) in [5.74, 6) is 0. The zero-order valence-corrected chi connectivity index (χ0v) is 6.15. The van der Waals surface area contributed by atoms with Crippen LogP contribution in [0.3, 0.4) is 0 Å². The molecule has 0 heterocycles. The van der Waals surface area contributed by atoms with Crippen LogP contribution in [0.4, 0.5) is 0 Å². The minimum atomic E-state index is 1.17. The Morgan fingerprint density at radius 1 is 1.56 bits per heavy atom. The van der Waals surface area contributed by atoms with Crippen LogP contribution in [0.15, 0.2) is 16.6 Å². The van der Waals surface area contributed by atoms with Crippen molar-refractivity contribution in [1.29, 1.82) is 0 Å². The van der Waals surface area contributed by atoms with Crippen LogP contribution >= 0.6 is 0 Å². The molecule has 0 saturated heterocycles. The van der Waals surface area contributed by atoms with Crippen molar-refractivity contribution < 1.29 is 0 Å². The van der Waals surface area contributed by atoms with Gasteiger partial charge in [0.2, 0.25) is 0 Å². The molecule has 0 aromatic carbocycles. The first-order valence-electron chi connectivity index (χ1n) is 3.52. The average molecular weight is 123 g/mol. The van der Waals surface area contributed by atoms with E-state index in [1.807, 2.05) is 7.05 Å². The summed E-state index contributed by atoms with van der Waals surface area (Å²) in [6.07, 6.45) is 5.82. The predicted molar refractivity (Wildman–Crippen MR) is 41.0 cm³/mol. The maximum absolute atomic E-state index is 4.13. The Kier molecular flexibility index (Phi) is 2.04. The van der Waals surface area contributed by atoms with Crippen LogP contribution in [-0.2, 0) is 0 Å². The zero-order valence-electron chi connectivity index (χ0n) is 6.15. The molecule has 0 saturated carbocycles. The Morgan fingerprint density at radius 3 is 2.67 bits per heavy atom. The summed E-state index contributed by atoms with van der Waals surface area (Å²) in [7, 11) is 1.87. The molecule has 0 aromatic heterocycles. The number of allylic oxidation sites excluding steroid dienone is 2. The molecule has 1 heteroatoms. The quantitative estimate of drug-likeness (QED) is 0.507. The van der Waals surface area contributed by atoms with Gasteiger partial charge in [0.15, 0.2) is 0 Å². The van der Waals surface area contributed by atoms with E-state index in [1.54, 1.807) is 5.57 Å². The maximum Gasteiger partial charge on any atom is 0.0347 e. The Hall–Kier alpha value is -0.590. The second kappa shape index (κ2) is 2.81. The van der Waals surface area contributed by atoms with E-state index in [2.05, 4.69) is 18.0 Å². The molecule has 0 fully saturated rings. The molecule has 0 aromatic rings. The third-order valence-corrected chi connectivity index (χ3v) is 1.81. The summed E-state index contributed by atoms with van der Waals surface area (Å²) in [6.45, 7) is 2.20. The maximum atomic E-state index is 4.13. The van der Waals surface area contributed by atoms with Crippen LogP contribution in [0.2, 0.25) is 0 Å². The third kappa shape index (κ3) is 1.41. The Labute approximate surface area is 56.5 Å². The summed E-state index contributed by atoms with van der Waals surface area (Å²) in [5, 5.41) is 0. The SMILES string of the molecule is CCC1=CC(=NC)CC1. The lowest BCUT2D eigenvalue weighted by Crippen LogP contribution is -1.83. The Balaban J connectivity index is 2.61. The molecule has 0 N–H and O–H groups in total. The van der Waals surface area contributed by atoms with E-state index in [4.69, 9.17) is 0 Å². The Morgan fingerprint density at radius 2 is 2.33 bits per heavy atom. The first kappa shape index (κ1) is 6.53. The van der Waals surface area contributed by atoms with Crippen molar-refractivity contribution >= 4 is 5.71 Å². The van der Waals surface area contributed by atoms with E-state index < -0.39 is 0 Å². The molecular weight excluding hydrogens is 110 g/mol. The predicted octanol–water partition coefficient (Wildman–Crippen LogP) is 2.19. The van der Waals surface area contributed by atoms with E-state index in [0.717, 1.165) is 0 Å². The lowest BCUT2D eigenvalue weighted by molar-refractivity contribution is 0.965. The molecule has 1 aliphatic carbocycles. The first-order chi connectivity index (χ1) is 4.36. The highest BCUT2D eigenvalue weighted by Crippen LogP contribution is 2.17. The van der Waals surface area contributed by atoms with Crippen LogP contribution in [0, 0.1) is 0 Å². The Bertz CT molecular complexity index is 154. The van der Waals surface area contributed by atoms with Gasteiger partial charge in [0, 0.05) is 12.8 Å². The summed E-state index contributed by atoms with van der Waals surface area (Å²) < 4.78 is 0. The van der Waals surface area contributed by atoms with Crippen molar-refractivity contribution in [3.63, 3.8) is 0 Å². The topological polar surface area (TPSA) is 12.4 Å². The molecule has 9 heavy (non-hydrogen) atoms. The molecule has 1 rings (SSSR count). The molecule has 0 aliphatic heterocycles. The van der Waals surface area contributed by atoms with Crippen molar-refractivity contribution in [2.45, 2.75) is 26.2 Å². The number of hydrogen-bond donors (Lipinski definition) is 0. The van der Waals surface area contributed by atoms with Gasteiger partial charge >= 0.3 is 0 Å². The molecule has 0 amide bonds. The van der Waals surface area contributed by atoms with E-state index >= 15 is 0 Å². The summed E-state index contributed by atoms with van der Waals surface area (Å²) in [4.78, 5) is 4.13. The van der Waals surface area contributed by atoms with Crippen LogP contribution in [0.25, 0.3) is 0 Å². The van der Waals surface area contributed by atoms with E-state index in [9.17, 15) is 0 Å². The van der Waals surface area contributed by atoms with Gasteiger partial charge in [-0.1, -0.05) is 12.5 Å². The van der Waals surface area contributed by atoms with E-state index in [-0.39, 0.29) is 0 Å². The standard InChI is InChI=1S/C8H13N/c1-3-7-4-5-8(6-7)9-2/h6H,3-5H2,1-2H3. The van der Waals surface area contributed by atoms with Gasteiger partial charge in [0.25, 0.3) is 0 Å². The van der Waals surface area contributed by atoms with Crippen LogP contribution in [0.1, 0.15) is 26.2 Å². The highest BCUT2D eigenvalue weighted by molar-refractivity contribution is 5.97. The van der Waals surface area contributed by atoms with Crippen LogP contribution in [0.5, 0.6) is 0 Å². The van der Waals surface area contributed by atoms with Gasteiger partial charge in [0.1, 0.15) is 0 Å². The lowest BCUT2D eigenvalue weighted by atomic mass is 10.2. The molecule has 0 spiro atoms. The van der Waals surface area contributed by atoms with Gasteiger partial charge in [-0.15, -0.1) is 0 Å². The molecule has 0 atom stereocenters. The summed E-state index contributed by atoms with van der Waals surface area (Å²) in [5.41, 5.74) is 2.82. The molecule has 0 unspecified atom stereocenters. The number of rotatable bonds is 1. The number of hydrogen-bond acceptors (Lipinski definition) is 1. The lowest BCUT2D eigenvalue weighted by Gasteiger charge is -1.88. The first-order valence-corrected chi connectivity index (χ1v) is 3.52. The van der Waals surface area contributed by atoms with Crippen molar-refractivity contribution in [2.24, 2.45) is 4.99 Å². The van der Waals surface area contributed by atoms with E-state index in [0.29, 0.717) is 0 Å². The van der Waals surface area contributed by atoms with Crippen LogP contribution < -0.4 is 0 Å². The molecule has 1 aliphatic rings. The van der Waals surface area contributed by atoms with Crippen LogP contribution in [-0.4, -0.2) is 12.8 Å². The molecule has 1 nitrogen and oxygen atoms in total. The van der Waals surface area contributed by atoms with Gasteiger partial charge < -0.3 is 0 Å². The normalized spacial score (nSPS) is 22.9. The van der Waals surface area contributed by atoms with E-state index in [1.165, 1.54) is 25.0 Å². The van der Waals surface area contributed by atoms with Crippen molar-refractivity contribution in [3.8, 4) is 0 Å². The summed E-state index contributed by atoms with van der Waals surface area (Å²) >= 11 is 0. The monoisotopic (exact) mass is 123 g/mol. The highest BCUT2D eigenvalue weighted by atomic mass is 14.7. The second-order valence-electron chi connectivity index (χ2n) is 2.37. The van der Waals surface area contributed by atoms with Gasteiger partial charge in [-0.25, -0.2) is 0 Å². The zero-order chi connectivity index (χ0) is 6.69. The smallest absolute Gasteiger partial charge is 0.0347 e. The van der Waals surface area contributed by atoms with Crippen molar-refractivity contribution in [3.05, 3.63) is 11.6 Å². The number of nitrogens with zero attached hydrogens (tertiary/aromatic N) is 1. The van der Waals surface area contributed by atoms with Gasteiger partial charge in [-0.2, -0.15) is 0 Å².